The molecule has 0 unspecified atom stereocenters. The number of rotatable bonds is 2. The van der Waals surface area contributed by atoms with Crippen LogP contribution in [0.25, 0.3) is 17.0 Å². The van der Waals surface area contributed by atoms with Crippen LogP contribution in [0.5, 0.6) is 5.75 Å². The molecule has 3 heterocycles. The van der Waals surface area contributed by atoms with E-state index < -0.39 is 30.3 Å². The summed E-state index contributed by atoms with van der Waals surface area (Å²) in [6.45, 7) is 0.121. The molecule has 4 aliphatic rings. The Morgan fingerprint density at radius 3 is 2.59 bits per heavy atom. The van der Waals surface area contributed by atoms with Gasteiger partial charge >= 0.3 is 12.1 Å². The first-order chi connectivity index (χ1) is 20.0. The van der Waals surface area contributed by atoms with Crippen molar-refractivity contribution in [2.45, 2.75) is 94.9 Å². The smallest absolute Gasteiger partial charge is 0.408 e. The number of pyridine rings is 1. The molecule has 9 heteroatoms. The van der Waals surface area contributed by atoms with Crippen LogP contribution in [0.15, 0.2) is 36.4 Å². The number of benzene rings is 1. The van der Waals surface area contributed by atoms with Gasteiger partial charge in [-0.2, -0.15) is 0 Å². The summed E-state index contributed by atoms with van der Waals surface area (Å²) in [5.74, 6) is -0.616. The van der Waals surface area contributed by atoms with Crippen molar-refractivity contribution in [1.29, 1.82) is 0 Å². The van der Waals surface area contributed by atoms with E-state index >= 15 is 0 Å². The molecule has 6 rings (SSSR count). The third-order valence-corrected chi connectivity index (χ3v) is 9.32. The van der Waals surface area contributed by atoms with Gasteiger partial charge in [-0.15, -0.1) is 0 Å². The predicted octanol–water partition coefficient (Wildman–Crippen LogP) is 5.32. The number of fused-ring (bicyclic) bond motifs is 5. The van der Waals surface area contributed by atoms with E-state index in [9.17, 15) is 19.5 Å². The van der Waals surface area contributed by atoms with Crippen LogP contribution in [-0.4, -0.2) is 63.8 Å². The van der Waals surface area contributed by atoms with Crippen molar-refractivity contribution in [3.8, 4) is 5.75 Å². The SMILES string of the molecule is O=C1N[C@@H](C2CCCC2)C(=O)N2C[C@@H](C[C@H]2C(=O)O)Oc2cc3ccccc3nc2C=CCCC[C@@H]2CCC[C@H]2O1. The molecule has 2 N–H and O–H groups in total. The van der Waals surface area contributed by atoms with E-state index in [1.807, 2.05) is 36.4 Å². The maximum absolute atomic E-state index is 14.0. The van der Waals surface area contributed by atoms with E-state index in [4.69, 9.17) is 14.5 Å². The number of nitrogens with zero attached hydrogens (tertiary/aromatic N) is 2. The van der Waals surface area contributed by atoms with Crippen molar-refractivity contribution in [1.82, 2.24) is 15.2 Å². The van der Waals surface area contributed by atoms with Crippen molar-refractivity contribution in [3.63, 3.8) is 0 Å². The van der Waals surface area contributed by atoms with Gasteiger partial charge < -0.3 is 24.8 Å². The first-order valence-corrected chi connectivity index (χ1v) is 15.2. The van der Waals surface area contributed by atoms with Crippen molar-refractivity contribution in [3.05, 3.63) is 42.1 Å². The Bertz CT molecular complexity index is 1320. The van der Waals surface area contributed by atoms with E-state index in [1.165, 1.54) is 4.90 Å². The second-order valence-electron chi connectivity index (χ2n) is 12.0. The fourth-order valence-corrected chi connectivity index (χ4v) is 7.20. The largest absolute Gasteiger partial charge is 0.486 e. The Hall–Kier alpha value is -3.62. The van der Waals surface area contributed by atoms with Gasteiger partial charge in [0.05, 0.1) is 12.1 Å². The average Bonchev–Trinajstić information content (AvgIpc) is 3.73. The number of ether oxygens (including phenoxy) is 2. The Kier molecular flexibility index (Phi) is 8.12. The summed E-state index contributed by atoms with van der Waals surface area (Å²) < 4.78 is 12.3. The molecule has 2 bridgehead atoms. The van der Waals surface area contributed by atoms with Crippen molar-refractivity contribution < 1.29 is 29.0 Å². The molecule has 1 aromatic heterocycles. The van der Waals surface area contributed by atoms with Gasteiger partial charge in [-0.3, -0.25) is 4.79 Å². The maximum Gasteiger partial charge on any atom is 0.408 e. The average molecular weight is 562 g/mol. The number of carbonyl (C=O) groups is 3. The zero-order valence-corrected chi connectivity index (χ0v) is 23.4. The number of amides is 2. The Balaban J connectivity index is 1.34. The first kappa shape index (κ1) is 27.5. The number of carboxylic acids is 1. The van der Waals surface area contributed by atoms with Crippen molar-refractivity contribution >= 4 is 34.9 Å². The number of aromatic nitrogens is 1. The fraction of sp³-hybridized carbons (Fsp3) is 0.562. The summed E-state index contributed by atoms with van der Waals surface area (Å²) in [5.41, 5.74) is 1.55. The lowest BCUT2D eigenvalue weighted by Crippen LogP contribution is -2.55. The zero-order valence-electron chi connectivity index (χ0n) is 23.4. The molecule has 218 valence electrons. The summed E-state index contributed by atoms with van der Waals surface area (Å²) in [6, 6.07) is 7.92. The second kappa shape index (κ2) is 12.1. The summed E-state index contributed by atoms with van der Waals surface area (Å²) in [5, 5.41) is 13.9. The van der Waals surface area contributed by atoms with Crippen LogP contribution in [-0.2, 0) is 14.3 Å². The molecule has 2 aliphatic heterocycles. The molecule has 2 amide bonds. The number of alkyl carbamates (subject to hydrolysis) is 1. The normalized spacial score (nSPS) is 29.7. The van der Waals surface area contributed by atoms with E-state index in [-0.39, 0.29) is 30.9 Å². The molecule has 2 aromatic rings. The minimum Gasteiger partial charge on any atom is -0.486 e. The second-order valence-corrected chi connectivity index (χ2v) is 12.0. The lowest BCUT2D eigenvalue weighted by atomic mass is 9.96. The standard InChI is InChI=1S/C32H39N3O6/c36-30-29(21-10-4-5-11-21)34-32(39)41-27-16-8-13-20(27)9-2-1-3-15-25-28(17-22-12-6-7-14-24(22)33-25)40-23-18-26(31(37)38)35(30)19-23/h3,6-7,12,14-15,17,20-21,23,26-27,29H,1-2,4-5,8-11,13,16,18-19H2,(H,34,39)(H,37,38)/t20-,23-,26+,27-,29+/m1/s1. The molecule has 3 fully saturated rings. The van der Waals surface area contributed by atoms with Crippen LogP contribution in [0.3, 0.4) is 0 Å². The summed E-state index contributed by atoms with van der Waals surface area (Å²) >= 11 is 0. The Morgan fingerprint density at radius 2 is 1.76 bits per heavy atom. The number of hydrogen-bond acceptors (Lipinski definition) is 6. The first-order valence-electron chi connectivity index (χ1n) is 15.2. The molecule has 9 nitrogen and oxygen atoms in total. The van der Waals surface area contributed by atoms with Crippen LogP contribution >= 0.6 is 0 Å². The van der Waals surface area contributed by atoms with Crippen LogP contribution in [0, 0.1) is 11.8 Å². The highest BCUT2D eigenvalue weighted by Crippen LogP contribution is 2.35. The molecular formula is C32H39N3O6. The maximum atomic E-state index is 14.0. The highest BCUT2D eigenvalue weighted by atomic mass is 16.6. The summed E-state index contributed by atoms with van der Waals surface area (Å²) in [7, 11) is 0. The minimum absolute atomic E-state index is 0.0455. The number of carboxylic acid groups (broad SMARTS) is 1. The van der Waals surface area contributed by atoms with Gasteiger partial charge in [0.25, 0.3) is 0 Å². The molecule has 0 radical (unpaired) electrons. The third kappa shape index (κ3) is 6.04. The number of hydrogen-bond donors (Lipinski definition) is 2. The van der Waals surface area contributed by atoms with E-state index in [2.05, 4.69) is 11.4 Å². The van der Waals surface area contributed by atoms with Gasteiger partial charge in [-0.1, -0.05) is 37.1 Å². The molecule has 2 aliphatic carbocycles. The molecule has 1 aromatic carbocycles. The van der Waals surface area contributed by atoms with E-state index in [1.54, 1.807) is 0 Å². The molecule has 41 heavy (non-hydrogen) atoms. The molecule has 1 saturated heterocycles. The highest BCUT2D eigenvalue weighted by molar-refractivity contribution is 5.90. The minimum atomic E-state index is -1.08. The molecule has 2 saturated carbocycles. The van der Waals surface area contributed by atoms with Crippen LogP contribution < -0.4 is 10.1 Å². The van der Waals surface area contributed by atoms with Gasteiger partial charge in [0.15, 0.2) is 0 Å². The van der Waals surface area contributed by atoms with Crippen molar-refractivity contribution in [2.24, 2.45) is 11.8 Å². The molecule has 5 atom stereocenters. The fourth-order valence-electron chi connectivity index (χ4n) is 7.20. The Labute approximate surface area is 240 Å². The number of nitrogens with one attached hydrogen (secondary N) is 1. The van der Waals surface area contributed by atoms with Crippen LogP contribution in [0.4, 0.5) is 4.79 Å². The van der Waals surface area contributed by atoms with Crippen molar-refractivity contribution in [2.75, 3.05) is 6.54 Å². The quantitative estimate of drug-likeness (QED) is 0.510. The highest BCUT2D eigenvalue weighted by Gasteiger charge is 2.45. The summed E-state index contributed by atoms with van der Waals surface area (Å²) in [6.07, 6.45) is 12.2. The zero-order chi connectivity index (χ0) is 28.3. The van der Waals surface area contributed by atoms with Gasteiger partial charge in [-0.05, 0) is 81.4 Å². The van der Waals surface area contributed by atoms with Gasteiger partial charge in [0.2, 0.25) is 5.91 Å². The number of carbonyl (C=O) groups excluding carboxylic acids is 2. The number of aliphatic carboxylic acids is 1. The van der Waals surface area contributed by atoms with Crippen LogP contribution in [0.1, 0.15) is 76.3 Å². The van der Waals surface area contributed by atoms with Gasteiger partial charge in [0, 0.05) is 11.8 Å². The summed E-state index contributed by atoms with van der Waals surface area (Å²) in [4.78, 5) is 45.7. The third-order valence-electron chi connectivity index (χ3n) is 9.32. The molecule has 0 spiro atoms. The lowest BCUT2D eigenvalue weighted by Gasteiger charge is -2.31. The van der Waals surface area contributed by atoms with Gasteiger partial charge in [0.1, 0.15) is 35.7 Å². The number of para-hydroxylation sites is 1. The Morgan fingerprint density at radius 1 is 0.976 bits per heavy atom. The monoisotopic (exact) mass is 561 g/mol. The van der Waals surface area contributed by atoms with Crippen LogP contribution in [0.2, 0.25) is 0 Å². The lowest BCUT2D eigenvalue weighted by molar-refractivity contribution is -0.149. The van der Waals surface area contributed by atoms with E-state index in [0.717, 1.165) is 75.1 Å². The predicted molar refractivity (Wildman–Crippen MR) is 153 cm³/mol. The van der Waals surface area contributed by atoms with E-state index in [0.29, 0.717) is 17.4 Å². The number of allylic oxidation sites excluding steroid dienone is 1. The topological polar surface area (TPSA) is 118 Å². The molecular weight excluding hydrogens is 522 g/mol. The van der Waals surface area contributed by atoms with Gasteiger partial charge in [-0.25, -0.2) is 14.6 Å².